The van der Waals surface area contributed by atoms with Crippen molar-refractivity contribution >= 4 is 17.2 Å². The Labute approximate surface area is 133 Å². The first-order valence-electron chi connectivity index (χ1n) is 7.97. The Hall–Kier alpha value is -2.44. The molecule has 7 heteroatoms. The minimum atomic E-state index is -0.653. The average Bonchev–Trinajstić information content (AvgIpc) is 2.54. The Morgan fingerprint density at radius 1 is 1.39 bits per heavy atom. The maximum atomic E-state index is 12.3. The average molecular weight is 316 g/mol. The molecule has 2 unspecified atom stereocenters. The third kappa shape index (κ3) is 3.04. The molecule has 1 aliphatic carbocycles. The number of hydrogen-bond acceptors (Lipinski definition) is 5. The molecule has 1 fully saturated rings. The number of aromatic nitrogens is 2. The fourth-order valence-electron chi connectivity index (χ4n) is 3.29. The fourth-order valence-corrected chi connectivity index (χ4v) is 3.29. The summed E-state index contributed by atoms with van der Waals surface area (Å²) in [5.41, 5.74) is -0.737. The first-order valence-corrected chi connectivity index (χ1v) is 7.97. The smallest absolute Gasteiger partial charge is 0.364 e. The molecular formula is C16H20N4O3. The number of nitrogens with one attached hydrogen (secondary N) is 1. The van der Waals surface area contributed by atoms with Crippen molar-refractivity contribution in [2.24, 2.45) is 11.8 Å². The molecular weight excluding hydrogens is 296 g/mol. The summed E-state index contributed by atoms with van der Waals surface area (Å²) in [6.07, 6.45) is 6.21. The zero-order chi connectivity index (χ0) is 16.4. The molecule has 1 aliphatic rings. The van der Waals surface area contributed by atoms with Crippen molar-refractivity contribution in [3.63, 3.8) is 0 Å². The Kier molecular flexibility index (Phi) is 4.27. The highest BCUT2D eigenvalue weighted by molar-refractivity contribution is 5.59. The van der Waals surface area contributed by atoms with E-state index in [1.807, 2.05) is 0 Å². The van der Waals surface area contributed by atoms with Crippen LogP contribution in [0.3, 0.4) is 0 Å². The molecule has 0 aliphatic heterocycles. The molecule has 0 amide bonds. The molecule has 0 bridgehead atoms. The van der Waals surface area contributed by atoms with Crippen LogP contribution in [-0.4, -0.2) is 20.9 Å². The van der Waals surface area contributed by atoms with E-state index in [1.165, 1.54) is 29.9 Å². The van der Waals surface area contributed by atoms with Gasteiger partial charge in [0.2, 0.25) is 5.82 Å². The van der Waals surface area contributed by atoms with Gasteiger partial charge in [-0.15, -0.1) is 0 Å². The van der Waals surface area contributed by atoms with Crippen LogP contribution in [0.1, 0.15) is 32.6 Å². The predicted molar refractivity (Wildman–Crippen MR) is 87.7 cm³/mol. The van der Waals surface area contributed by atoms with E-state index >= 15 is 0 Å². The van der Waals surface area contributed by atoms with Crippen molar-refractivity contribution < 1.29 is 4.92 Å². The summed E-state index contributed by atoms with van der Waals surface area (Å²) in [6, 6.07) is 5.07. The van der Waals surface area contributed by atoms with Crippen LogP contribution in [0.15, 0.2) is 29.2 Å². The van der Waals surface area contributed by atoms with Gasteiger partial charge in [0.25, 0.3) is 0 Å². The van der Waals surface area contributed by atoms with Crippen LogP contribution < -0.4 is 10.9 Å². The van der Waals surface area contributed by atoms with Crippen molar-refractivity contribution in [1.29, 1.82) is 0 Å². The van der Waals surface area contributed by atoms with Crippen LogP contribution in [0.2, 0.25) is 0 Å². The van der Waals surface area contributed by atoms with E-state index < -0.39 is 16.2 Å². The van der Waals surface area contributed by atoms with Crippen LogP contribution in [0.25, 0.3) is 5.65 Å². The summed E-state index contributed by atoms with van der Waals surface area (Å²) in [4.78, 5) is 27.3. The summed E-state index contributed by atoms with van der Waals surface area (Å²) >= 11 is 0. The zero-order valence-electron chi connectivity index (χ0n) is 13.1. The highest BCUT2D eigenvalue weighted by atomic mass is 16.6. The number of rotatable bonds is 4. The Morgan fingerprint density at radius 2 is 2.17 bits per heavy atom. The van der Waals surface area contributed by atoms with Gasteiger partial charge in [0, 0.05) is 12.7 Å². The number of pyridine rings is 1. The maximum Gasteiger partial charge on any atom is 0.376 e. The number of hydrogen-bond donors (Lipinski definition) is 1. The summed E-state index contributed by atoms with van der Waals surface area (Å²) in [7, 11) is 0. The summed E-state index contributed by atoms with van der Waals surface area (Å²) in [5.74, 6) is 1.11. The maximum absolute atomic E-state index is 12.3. The first kappa shape index (κ1) is 15.5. The molecule has 0 saturated heterocycles. The van der Waals surface area contributed by atoms with Crippen molar-refractivity contribution in [3.8, 4) is 0 Å². The molecule has 2 heterocycles. The molecule has 1 saturated carbocycles. The highest BCUT2D eigenvalue weighted by Gasteiger charge is 2.26. The lowest BCUT2D eigenvalue weighted by atomic mass is 9.80. The molecule has 2 aromatic heterocycles. The molecule has 0 spiro atoms. The van der Waals surface area contributed by atoms with E-state index in [0.717, 1.165) is 6.42 Å². The lowest BCUT2D eigenvalue weighted by Gasteiger charge is -2.28. The second kappa shape index (κ2) is 6.36. The van der Waals surface area contributed by atoms with Gasteiger partial charge in [-0.2, -0.15) is 0 Å². The minimum Gasteiger partial charge on any atom is -0.364 e. The number of nitrogens with zero attached hydrogens (tertiary/aromatic N) is 3. The van der Waals surface area contributed by atoms with Gasteiger partial charge in [-0.1, -0.05) is 32.3 Å². The van der Waals surface area contributed by atoms with Gasteiger partial charge >= 0.3 is 11.2 Å². The van der Waals surface area contributed by atoms with Crippen molar-refractivity contribution in [1.82, 2.24) is 9.38 Å². The monoisotopic (exact) mass is 316 g/mol. The number of fused-ring (bicyclic) bond motifs is 1. The van der Waals surface area contributed by atoms with Crippen LogP contribution in [0.4, 0.5) is 11.5 Å². The second-order valence-corrected chi connectivity index (χ2v) is 6.20. The van der Waals surface area contributed by atoms with E-state index in [9.17, 15) is 14.9 Å². The van der Waals surface area contributed by atoms with Crippen molar-refractivity contribution in [3.05, 3.63) is 44.9 Å². The first-order chi connectivity index (χ1) is 11.1. The normalized spacial score (nSPS) is 21.3. The lowest BCUT2D eigenvalue weighted by Crippen LogP contribution is -2.27. The molecule has 3 rings (SSSR count). The van der Waals surface area contributed by atoms with E-state index in [-0.39, 0.29) is 5.82 Å². The summed E-state index contributed by atoms with van der Waals surface area (Å²) in [6.45, 7) is 2.82. The molecule has 2 atom stereocenters. The molecule has 7 nitrogen and oxygen atoms in total. The SMILES string of the molecule is CC1CCCCC1CNc1nc2ccccn2c(=O)c1[N+](=O)[O-]. The Morgan fingerprint density at radius 3 is 2.91 bits per heavy atom. The van der Waals surface area contributed by atoms with Crippen LogP contribution in [0.5, 0.6) is 0 Å². The standard InChI is InChI=1S/C16H20N4O3/c1-11-6-2-3-7-12(11)10-17-15-14(20(22)23)16(21)19-9-5-4-8-13(19)18-15/h4-5,8-9,11-12,17H,2-3,6-7,10H2,1H3. The number of anilines is 1. The van der Waals surface area contributed by atoms with Gasteiger partial charge in [-0.05, 0) is 30.4 Å². The van der Waals surface area contributed by atoms with Gasteiger partial charge in [0.05, 0.1) is 4.92 Å². The van der Waals surface area contributed by atoms with Crippen molar-refractivity contribution in [2.75, 3.05) is 11.9 Å². The molecule has 122 valence electrons. The highest BCUT2D eigenvalue weighted by Crippen LogP contribution is 2.30. The van der Waals surface area contributed by atoms with E-state index in [1.54, 1.807) is 18.2 Å². The summed E-state index contributed by atoms with van der Waals surface area (Å²) < 4.78 is 1.20. The van der Waals surface area contributed by atoms with E-state index in [0.29, 0.717) is 24.0 Å². The van der Waals surface area contributed by atoms with Crippen molar-refractivity contribution in [2.45, 2.75) is 32.6 Å². The largest absolute Gasteiger partial charge is 0.376 e. The molecule has 23 heavy (non-hydrogen) atoms. The van der Waals surface area contributed by atoms with Gasteiger partial charge in [0.15, 0.2) is 0 Å². The molecule has 0 radical (unpaired) electrons. The molecule has 1 N–H and O–H groups in total. The van der Waals surface area contributed by atoms with Crippen LogP contribution in [-0.2, 0) is 0 Å². The van der Waals surface area contributed by atoms with Crippen LogP contribution in [0, 0.1) is 22.0 Å². The fraction of sp³-hybridized carbons (Fsp3) is 0.500. The van der Waals surface area contributed by atoms with Gasteiger partial charge in [-0.25, -0.2) is 4.98 Å². The molecule has 2 aromatic rings. The lowest BCUT2D eigenvalue weighted by molar-refractivity contribution is -0.385. The Balaban J connectivity index is 1.94. The van der Waals surface area contributed by atoms with Gasteiger partial charge in [0.1, 0.15) is 5.65 Å². The van der Waals surface area contributed by atoms with Gasteiger partial charge in [-0.3, -0.25) is 19.3 Å². The second-order valence-electron chi connectivity index (χ2n) is 6.20. The number of nitro groups is 1. The van der Waals surface area contributed by atoms with E-state index in [2.05, 4.69) is 17.2 Å². The Bertz CT molecular complexity index is 786. The topological polar surface area (TPSA) is 89.5 Å². The third-order valence-electron chi connectivity index (χ3n) is 4.71. The quantitative estimate of drug-likeness (QED) is 0.692. The minimum absolute atomic E-state index is 0.0731. The van der Waals surface area contributed by atoms with Gasteiger partial charge < -0.3 is 5.32 Å². The molecule has 0 aromatic carbocycles. The zero-order valence-corrected chi connectivity index (χ0v) is 13.1. The third-order valence-corrected chi connectivity index (χ3v) is 4.71. The van der Waals surface area contributed by atoms with Crippen LogP contribution >= 0.6 is 0 Å². The van der Waals surface area contributed by atoms with E-state index in [4.69, 9.17) is 0 Å². The predicted octanol–water partition coefficient (Wildman–Crippen LogP) is 2.84. The summed E-state index contributed by atoms with van der Waals surface area (Å²) in [5, 5.41) is 14.4.